The van der Waals surface area contributed by atoms with E-state index in [2.05, 4.69) is 0 Å². The second-order valence-corrected chi connectivity index (χ2v) is 5.24. The molecule has 0 unspecified atom stereocenters. The summed E-state index contributed by atoms with van der Waals surface area (Å²) < 4.78 is 0. The summed E-state index contributed by atoms with van der Waals surface area (Å²) in [5.41, 5.74) is 7.00. The highest BCUT2D eigenvalue weighted by molar-refractivity contribution is 5.09. The van der Waals surface area contributed by atoms with Crippen LogP contribution in [0.3, 0.4) is 0 Å². The molecule has 2 N–H and O–H groups in total. The molecule has 0 aromatic carbocycles. The average molecular weight is 165 g/mol. The molecular formula is C11H19N. The van der Waals surface area contributed by atoms with Gasteiger partial charge < -0.3 is 5.73 Å². The summed E-state index contributed by atoms with van der Waals surface area (Å²) in [6.07, 6.45) is 10.2. The predicted octanol–water partition coefficient (Wildman–Crippen LogP) is 2.30. The molecule has 3 atom stereocenters. The van der Waals surface area contributed by atoms with Gasteiger partial charge in [-0.25, -0.2) is 0 Å². The summed E-state index contributed by atoms with van der Waals surface area (Å²) >= 11 is 0. The van der Waals surface area contributed by atoms with Crippen molar-refractivity contribution in [1.29, 1.82) is 0 Å². The van der Waals surface area contributed by atoms with Gasteiger partial charge in [0.25, 0.3) is 0 Å². The third-order valence-electron chi connectivity index (χ3n) is 4.99. The highest BCUT2D eigenvalue weighted by atomic mass is 14.8. The SMILES string of the molecule is N[C@@H]1[C@@H]2CC[C@@H](C2)C12CCCC2. The molecule has 3 fully saturated rings. The van der Waals surface area contributed by atoms with E-state index in [-0.39, 0.29) is 0 Å². The van der Waals surface area contributed by atoms with Crippen molar-refractivity contribution >= 4 is 0 Å². The number of rotatable bonds is 0. The van der Waals surface area contributed by atoms with Crippen molar-refractivity contribution < 1.29 is 0 Å². The summed E-state index contributed by atoms with van der Waals surface area (Å²) in [5, 5.41) is 0. The van der Waals surface area contributed by atoms with Gasteiger partial charge in [-0.05, 0) is 49.4 Å². The van der Waals surface area contributed by atoms with Crippen LogP contribution in [0, 0.1) is 17.3 Å². The van der Waals surface area contributed by atoms with E-state index < -0.39 is 0 Å². The third kappa shape index (κ3) is 0.693. The molecule has 0 saturated heterocycles. The van der Waals surface area contributed by atoms with Crippen LogP contribution in [0.2, 0.25) is 0 Å². The van der Waals surface area contributed by atoms with Gasteiger partial charge in [0.1, 0.15) is 0 Å². The second kappa shape index (κ2) is 2.25. The van der Waals surface area contributed by atoms with Crippen molar-refractivity contribution in [3.63, 3.8) is 0 Å². The quantitative estimate of drug-likeness (QED) is 0.585. The van der Waals surface area contributed by atoms with Crippen molar-refractivity contribution in [2.24, 2.45) is 23.0 Å². The van der Waals surface area contributed by atoms with Gasteiger partial charge in [-0.2, -0.15) is 0 Å². The minimum Gasteiger partial charge on any atom is -0.327 e. The monoisotopic (exact) mass is 165 g/mol. The van der Waals surface area contributed by atoms with E-state index in [9.17, 15) is 0 Å². The van der Waals surface area contributed by atoms with Crippen molar-refractivity contribution in [3.8, 4) is 0 Å². The summed E-state index contributed by atoms with van der Waals surface area (Å²) in [7, 11) is 0. The molecule has 12 heavy (non-hydrogen) atoms. The fourth-order valence-electron chi connectivity index (χ4n) is 4.38. The zero-order chi connectivity index (χ0) is 8.18. The Balaban J connectivity index is 1.94. The van der Waals surface area contributed by atoms with Crippen LogP contribution in [0.1, 0.15) is 44.9 Å². The van der Waals surface area contributed by atoms with Gasteiger partial charge in [-0.1, -0.05) is 12.8 Å². The van der Waals surface area contributed by atoms with Crippen LogP contribution in [0.4, 0.5) is 0 Å². The Hall–Kier alpha value is -0.0400. The normalized spacial score (nSPS) is 49.2. The van der Waals surface area contributed by atoms with Crippen LogP contribution < -0.4 is 5.73 Å². The molecule has 0 amide bonds. The van der Waals surface area contributed by atoms with E-state index in [0.717, 1.165) is 11.8 Å². The standard InChI is InChI=1S/C11H19N/c12-10-8-3-4-9(7-8)11(10)5-1-2-6-11/h8-10H,1-7,12H2/t8-,9+,10-/m1/s1. The molecule has 1 spiro atoms. The van der Waals surface area contributed by atoms with Crippen LogP contribution in [0.15, 0.2) is 0 Å². The topological polar surface area (TPSA) is 26.0 Å². The molecule has 3 aliphatic carbocycles. The maximum absolute atomic E-state index is 6.36. The second-order valence-electron chi connectivity index (χ2n) is 5.24. The highest BCUT2D eigenvalue weighted by Gasteiger charge is 2.56. The first-order chi connectivity index (χ1) is 5.83. The number of nitrogens with two attached hydrogens (primary N) is 1. The summed E-state index contributed by atoms with van der Waals surface area (Å²) in [5.74, 6) is 1.94. The first kappa shape index (κ1) is 7.37. The van der Waals surface area contributed by atoms with Crippen molar-refractivity contribution in [3.05, 3.63) is 0 Å². The molecule has 2 bridgehead atoms. The first-order valence-electron chi connectivity index (χ1n) is 5.58. The largest absolute Gasteiger partial charge is 0.327 e. The minimum absolute atomic E-state index is 0.582. The van der Waals surface area contributed by atoms with Gasteiger partial charge >= 0.3 is 0 Å². The molecule has 1 heteroatoms. The third-order valence-corrected chi connectivity index (χ3v) is 4.99. The lowest BCUT2D eigenvalue weighted by atomic mass is 9.69. The molecule has 3 rings (SSSR count). The van der Waals surface area contributed by atoms with Gasteiger partial charge in [0.2, 0.25) is 0 Å². The molecular weight excluding hydrogens is 146 g/mol. The van der Waals surface area contributed by atoms with E-state index >= 15 is 0 Å². The smallest absolute Gasteiger partial charge is 0.0127 e. The Labute approximate surface area is 74.7 Å². The van der Waals surface area contributed by atoms with Gasteiger partial charge in [0.05, 0.1) is 0 Å². The maximum Gasteiger partial charge on any atom is 0.0127 e. The van der Waals surface area contributed by atoms with Crippen LogP contribution >= 0.6 is 0 Å². The molecule has 3 aliphatic rings. The maximum atomic E-state index is 6.36. The van der Waals surface area contributed by atoms with Crippen LogP contribution in [-0.2, 0) is 0 Å². The Morgan fingerprint density at radius 3 is 2.42 bits per heavy atom. The fraction of sp³-hybridized carbons (Fsp3) is 1.00. The van der Waals surface area contributed by atoms with Crippen LogP contribution in [0.5, 0.6) is 0 Å². The van der Waals surface area contributed by atoms with Gasteiger partial charge in [-0.15, -0.1) is 0 Å². The molecule has 0 aromatic heterocycles. The Morgan fingerprint density at radius 2 is 1.83 bits per heavy atom. The van der Waals surface area contributed by atoms with Crippen molar-refractivity contribution in [2.75, 3.05) is 0 Å². The molecule has 3 saturated carbocycles. The Morgan fingerprint density at radius 1 is 1.08 bits per heavy atom. The van der Waals surface area contributed by atoms with Crippen molar-refractivity contribution in [1.82, 2.24) is 0 Å². The molecule has 0 radical (unpaired) electrons. The summed E-state index contributed by atoms with van der Waals surface area (Å²) in [4.78, 5) is 0. The zero-order valence-electron chi connectivity index (χ0n) is 7.76. The molecule has 1 nitrogen and oxygen atoms in total. The molecule has 68 valence electrons. The van der Waals surface area contributed by atoms with Gasteiger partial charge in [-0.3, -0.25) is 0 Å². The lowest BCUT2D eigenvalue weighted by Gasteiger charge is -2.39. The number of fused-ring (bicyclic) bond motifs is 3. The molecule has 0 aromatic rings. The summed E-state index contributed by atoms with van der Waals surface area (Å²) in [6.45, 7) is 0. The number of hydrogen-bond donors (Lipinski definition) is 1. The average Bonchev–Trinajstić information content (AvgIpc) is 2.75. The fourth-order valence-corrected chi connectivity index (χ4v) is 4.38. The minimum atomic E-state index is 0.582. The van der Waals surface area contributed by atoms with E-state index in [0.29, 0.717) is 11.5 Å². The summed E-state index contributed by atoms with van der Waals surface area (Å²) in [6, 6.07) is 0.582. The lowest BCUT2D eigenvalue weighted by Crippen LogP contribution is -2.44. The van der Waals surface area contributed by atoms with E-state index in [1.54, 1.807) is 0 Å². The van der Waals surface area contributed by atoms with Crippen LogP contribution in [-0.4, -0.2) is 6.04 Å². The Bertz CT molecular complexity index is 189. The van der Waals surface area contributed by atoms with Gasteiger partial charge in [0, 0.05) is 6.04 Å². The number of hydrogen-bond acceptors (Lipinski definition) is 1. The van der Waals surface area contributed by atoms with E-state index in [1.165, 1.54) is 44.9 Å². The predicted molar refractivity (Wildman–Crippen MR) is 49.7 cm³/mol. The Kier molecular flexibility index (Phi) is 1.39. The van der Waals surface area contributed by atoms with Gasteiger partial charge in [0.15, 0.2) is 0 Å². The lowest BCUT2D eigenvalue weighted by molar-refractivity contribution is 0.139. The molecule has 0 heterocycles. The highest BCUT2D eigenvalue weighted by Crippen LogP contribution is 2.61. The van der Waals surface area contributed by atoms with Crippen molar-refractivity contribution in [2.45, 2.75) is 51.0 Å². The molecule has 0 aliphatic heterocycles. The van der Waals surface area contributed by atoms with Crippen LogP contribution in [0.25, 0.3) is 0 Å². The van der Waals surface area contributed by atoms with E-state index in [1.807, 2.05) is 0 Å². The first-order valence-corrected chi connectivity index (χ1v) is 5.58. The van der Waals surface area contributed by atoms with E-state index in [4.69, 9.17) is 5.73 Å². The zero-order valence-corrected chi connectivity index (χ0v) is 7.76.